The summed E-state index contributed by atoms with van der Waals surface area (Å²) in [6.45, 7) is 6.39. The van der Waals surface area contributed by atoms with Crippen molar-refractivity contribution in [3.8, 4) is 0 Å². The molecule has 3 aliphatic rings. The molecule has 0 radical (unpaired) electrons. The highest BCUT2D eigenvalue weighted by molar-refractivity contribution is 5.99. The van der Waals surface area contributed by atoms with Crippen LogP contribution in [-0.4, -0.2) is 83.0 Å². The zero-order valence-corrected chi connectivity index (χ0v) is 27.6. The first kappa shape index (κ1) is 35.4. The number of ether oxygens (including phenoxy) is 2. The van der Waals surface area contributed by atoms with Gasteiger partial charge in [-0.15, -0.1) is 0 Å². The molecule has 13 nitrogen and oxygen atoms in total. The van der Waals surface area contributed by atoms with Crippen molar-refractivity contribution in [1.82, 2.24) is 26.2 Å². The Balaban J connectivity index is 1.51. The van der Waals surface area contributed by atoms with Gasteiger partial charge in [-0.1, -0.05) is 55.3 Å². The number of amides is 5. The third-order valence-corrected chi connectivity index (χ3v) is 8.41. The smallest absolute Gasteiger partial charge is 0.408 e. The summed E-state index contributed by atoms with van der Waals surface area (Å²) in [5.74, 6) is -2.83. The number of carbonyl (C=O) groups is 6. The van der Waals surface area contributed by atoms with Gasteiger partial charge in [0.25, 0.3) is 0 Å². The molecule has 0 spiro atoms. The highest BCUT2D eigenvalue weighted by Gasteiger charge is 2.61. The third-order valence-electron chi connectivity index (χ3n) is 8.41. The van der Waals surface area contributed by atoms with Crippen molar-refractivity contribution >= 4 is 35.7 Å². The molecule has 0 aromatic heterocycles. The Kier molecular flexibility index (Phi) is 11.6. The number of carbonyl (C=O) groups excluding carboxylic acids is 6. The Hall–Kier alpha value is -4.42. The number of hydrogen-bond donors (Lipinski definition) is 4. The second-order valence-electron chi connectivity index (χ2n) is 13.5. The minimum absolute atomic E-state index is 0.0242. The highest BCUT2D eigenvalue weighted by Crippen LogP contribution is 2.45. The van der Waals surface area contributed by atoms with E-state index in [9.17, 15) is 28.8 Å². The Labute approximate surface area is 275 Å². The van der Waals surface area contributed by atoms with Crippen LogP contribution in [0.5, 0.6) is 0 Å². The van der Waals surface area contributed by atoms with Gasteiger partial charge in [-0.3, -0.25) is 24.0 Å². The predicted octanol–water partition coefficient (Wildman–Crippen LogP) is 2.24. The number of fused-ring (bicyclic) bond motifs is 2. The number of hydrogen-bond acceptors (Lipinski definition) is 8. The molecule has 2 aliphatic heterocycles. The van der Waals surface area contributed by atoms with Crippen molar-refractivity contribution in [2.24, 2.45) is 5.92 Å². The number of allylic oxidation sites excluding steroid dienone is 1. The van der Waals surface area contributed by atoms with Gasteiger partial charge in [-0.25, -0.2) is 4.79 Å². The van der Waals surface area contributed by atoms with E-state index in [-0.39, 0.29) is 31.3 Å². The predicted molar refractivity (Wildman–Crippen MR) is 171 cm³/mol. The lowest BCUT2D eigenvalue weighted by Crippen LogP contribution is -2.58. The zero-order chi connectivity index (χ0) is 34.2. The highest BCUT2D eigenvalue weighted by atomic mass is 16.6. The minimum Gasteiger partial charge on any atom is -0.461 e. The fraction of sp³-hybridized carbons (Fsp3) is 0.588. The maximum atomic E-state index is 14.0. The Morgan fingerprint density at radius 3 is 2.49 bits per heavy atom. The fourth-order valence-corrected chi connectivity index (χ4v) is 6.03. The lowest BCUT2D eigenvalue weighted by molar-refractivity contribution is -0.146. The maximum absolute atomic E-state index is 14.0. The zero-order valence-electron chi connectivity index (χ0n) is 27.6. The standard InChI is InChI=1S/C34H47N5O8/c1-22(40)46-25-17-27-29(42)38-34(31(44)36-20-28(41)35-19-23-13-9-8-10-14-23)18-24(34)15-11-6-5-7-12-16-26(30(43)39(27)21-25)37-32(45)47-33(2,3)4/h8-11,13-15,24-27H,5-7,12,16-21H2,1-4H3,(H,35,41)(H,36,44)(H,37,45)(H,38,42)/b15-11-/t24-,25-,26+,27+,34-/m1/s1. The Morgan fingerprint density at radius 2 is 1.79 bits per heavy atom. The van der Waals surface area contributed by atoms with Gasteiger partial charge in [0.2, 0.25) is 23.6 Å². The van der Waals surface area contributed by atoms with Crippen LogP contribution in [-0.2, 0) is 40.0 Å². The molecule has 5 amide bonds. The van der Waals surface area contributed by atoms with Gasteiger partial charge in [-0.05, 0) is 52.0 Å². The van der Waals surface area contributed by atoms with E-state index in [4.69, 9.17) is 9.47 Å². The van der Waals surface area contributed by atoms with E-state index in [1.807, 2.05) is 42.5 Å². The van der Waals surface area contributed by atoms with Crippen LogP contribution >= 0.6 is 0 Å². The summed E-state index contributed by atoms with van der Waals surface area (Å²) in [4.78, 5) is 79.9. The summed E-state index contributed by atoms with van der Waals surface area (Å²) >= 11 is 0. The lowest BCUT2D eigenvalue weighted by atomic mass is 10.0. The van der Waals surface area contributed by atoms with E-state index >= 15 is 0 Å². The summed E-state index contributed by atoms with van der Waals surface area (Å²) in [7, 11) is 0. The Bertz CT molecular complexity index is 1360. The van der Waals surface area contributed by atoms with E-state index < -0.39 is 59.1 Å². The van der Waals surface area contributed by atoms with Crippen molar-refractivity contribution in [3.05, 3.63) is 48.0 Å². The quantitative estimate of drug-likeness (QED) is 0.256. The first-order chi connectivity index (χ1) is 22.3. The molecule has 2 heterocycles. The molecule has 1 aliphatic carbocycles. The number of esters is 1. The molecule has 0 bridgehead atoms. The molecule has 0 unspecified atom stereocenters. The van der Waals surface area contributed by atoms with Gasteiger partial charge < -0.3 is 35.6 Å². The summed E-state index contributed by atoms with van der Waals surface area (Å²) < 4.78 is 10.8. The van der Waals surface area contributed by atoms with Crippen LogP contribution < -0.4 is 21.3 Å². The average molecular weight is 654 g/mol. The average Bonchev–Trinajstić information content (AvgIpc) is 3.53. The molecule has 47 heavy (non-hydrogen) atoms. The van der Waals surface area contributed by atoms with Crippen LogP contribution in [0, 0.1) is 5.92 Å². The normalized spacial score (nSPS) is 27.0. The van der Waals surface area contributed by atoms with Crippen LogP contribution in [0.1, 0.15) is 78.2 Å². The van der Waals surface area contributed by atoms with Gasteiger partial charge >= 0.3 is 12.1 Å². The summed E-state index contributed by atoms with van der Waals surface area (Å²) in [5, 5.41) is 11.0. The summed E-state index contributed by atoms with van der Waals surface area (Å²) in [5.41, 5.74) is -1.18. The van der Waals surface area contributed by atoms with Crippen molar-refractivity contribution in [1.29, 1.82) is 0 Å². The van der Waals surface area contributed by atoms with E-state index in [1.54, 1.807) is 20.8 Å². The second-order valence-corrected chi connectivity index (χ2v) is 13.5. The maximum Gasteiger partial charge on any atom is 0.408 e. The van der Waals surface area contributed by atoms with Crippen LogP contribution in [0.15, 0.2) is 42.5 Å². The number of benzene rings is 1. The molecule has 4 N–H and O–H groups in total. The third kappa shape index (κ3) is 10.0. The van der Waals surface area contributed by atoms with Crippen molar-refractivity contribution in [3.63, 3.8) is 0 Å². The Morgan fingerprint density at radius 1 is 1.04 bits per heavy atom. The van der Waals surface area contributed by atoms with E-state index in [2.05, 4.69) is 21.3 Å². The first-order valence-electron chi connectivity index (χ1n) is 16.3. The van der Waals surface area contributed by atoms with Crippen LogP contribution in [0.25, 0.3) is 0 Å². The number of alkyl carbamates (subject to hydrolysis) is 1. The van der Waals surface area contributed by atoms with E-state index in [0.29, 0.717) is 25.8 Å². The molecule has 1 saturated carbocycles. The molecule has 1 aromatic rings. The van der Waals surface area contributed by atoms with Crippen LogP contribution in [0.3, 0.4) is 0 Å². The molecule has 13 heteroatoms. The SMILES string of the molecule is CC(=O)O[C@@H]1C[C@H]2C(=O)N[C@]3(C(=O)NCC(=O)NCc4ccccc4)C[C@H]3/C=C\CCCCC[C@H](NC(=O)OC(C)(C)C)C(=O)N2C1. The van der Waals surface area contributed by atoms with Crippen LogP contribution in [0.2, 0.25) is 0 Å². The van der Waals surface area contributed by atoms with Crippen molar-refractivity contribution in [2.45, 2.75) is 109 Å². The molecular formula is C34H47N5O8. The molecule has 2 fully saturated rings. The van der Waals surface area contributed by atoms with E-state index in [0.717, 1.165) is 24.8 Å². The molecule has 5 atom stereocenters. The van der Waals surface area contributed by atoms with Gasteiger partial charge in [0.05, 0.1) is 13.1 Å². The van der Waals surface area contributed by atoms with Gasteiger partial charge in [0, 0.05) is 25.8 Å². The van der Waals surface area contributed by atoms with E-state index in [1.165, 1.54) is 11.8 Å². The molecule has 1 saturated heterocycles. The van der Waals surface area contributed by atoms with Gasteiger partial charge in [0.1, 0.15) is 29.3 Å². The van der Waals surface area contributed by atoms with Crippen molar-refractivity contribution < 1.29 is 38.2 Å². The molecule has 1 aromatic carbocycles. The number of nitrogens with zero attached hydrogens (tertiary/aromatic N) is 1. The largest absolute Gasteiger partial charge is 0.461 e. The molecule has 4 rings (SSSR count). The molecular weight excluding hydrogens is 606 g/mol. The second kappa shape index (κ2) is 15.4. The number of nitrogens with one attached hydrogen (secondary N) is 4. The minimum atomic E-state index is -1.31. The van der Waals surface area contributed by atoms with Crippen LogP contribution in [0.4, 0.5) is 4.79 Å². The van der Waals surface area contributed by atoms with Gasteiger partial charge in [-0.2, -0.15) is 0 Å². The fourth-order valence-electron chi connectivity index (χ4n) is 6.03. The first-order valence-corrected chi connectivity index (χ1v) is 16.3. The topological polar surface area (TPSA) is 172 Å². The number of rotatable bonds is 7. The summed E-state index contributed by atoms with van der Waals surface area (Å²) in [6.07, 6.45) is 6.06. The lowest BCUT2D eigenvalue weighted by Gasteiger charge is -2.30. The van der Waals surface area contributed by atoms with Crippen molar-refractivity contribution in [2.75, 3.05) is 13.1 Å². The molecule has 256 valence electrons. The van der Waals surface area contributed by atoms with Gasteiger partial charge in [0.15, 0.2) is 0 Å². The monoisotopic (exact) mass is 653 g/mol. The summed E-state index contributed by atoms with van der Waals surface area (Å²) in [6, 6.07) is 7.33.